The summed E-state index contributed by atoms with van der Waals surface area (Å²) < 4.78 is 0. The molecule has 2 N–H and O–H groups in total. The van der Waals surface area contributed by atoms with E-state index in [0.717, 1.165) is 38.2 Å². The molecule has 2 atom stereocenters. The number of piperidine rings is 1. The molecule has 0 spiro atoms. The van der Waals surface area contributed by atoms with Crippen molar-refractivity contribution in [2.24, 2.45) is 0 Å². The highest BCUT2D eigenvalue weighted by Gasteiger charge is 2.29. The highest BCUT2D eigenvalue weighted by molar-refractivity contribution is 5.89. The molecule has 4 nitrogen and oxygen atoms in total. The van der Waals surface area contributed by atoms with Crippen molar-refractivity contribution < 1.29 is 4.79 Å². The van der Waals surface area contributed by atoms with E-state index < -0.39 is 0 Å². The molecule has 4 rings (SSSR count). The van der Waals surface area contributed by atoms with Crippen molar-refractivity contribution in [3.8, 4) is 0 Å². The van der Waals surface area contributed by atoms with E-state index in [0.29, 0.717) is 5.92 Å². The Bertz CT molecular complexity index is 759. The summed E-state index contributed by atoms with van der Waals surface area (Å²) in [5.41, 5.74) is 4.90. The number of hydrogen-bond acceptors (Lipinski definition) is 2. The molecule has 1 saturated heterocycles. The lowest BCUT2D eigenvalue weighted by Gasteiger charge is -2.37. The molecule has 0 saturated carbocycles. The Morgan fingerprint density at radius 3 is 2.72 bits per heavy atom. The highest BCUT2D eigenvalue weighted by atomic mass is 16.2. The van der Waals surface area contributed by atoms with Crippen molar-refractivity contribution in [1.82, 2.24) is 10.2 Å². The van der Waals surface area contributed by atoms with Crippen molar-refractivity contribution in [2.75, 3.05) is 11.9 Å². The molecular weight excluding hydrogens is 310 g/mol. The van der Waals surface area contributed by atoms with E-state index in [9.17, 15) is 4.79 Å². The Balaban J connectivity index is 1.40. The third-order valence-corrected chi connectivity index (χ3v) is 5.50. The van der Waals surface area contributed by atoms with Gasteiger partial charge >= 0.3 is 6.03 Å². The maximum Gasteiger partial charge on any atom is 0.322 e. The average molecular weight is 335 g/mol. The molecule has 0 aromatic heterocycles. The zero-order valence-corrected chi connectivity index (χ0v) is 14.7. The first-order valence-corrected chi connectivity index (χ1v) is 9.16. The van der Waals surface area contributed by atoms with Gasteiger partial charge in [-0.2, -0.15) is 0 Å². The first kappa shape index (κ1) is 16.2. The lowest BCUT2D eigenvalue weighted by Crippen LogP contribution is -2.46. The summed E-state index contributed by atoms with van der Waals surface area (Å²) in [6.07, 6.45) is 2.04. The van der Waals surface area contributed by atoms with E-state index in [1.807, 2.05) is 11.0 Å². The molecule has 1 fully saturated rings. The monoisotopic (exact) mass is 335 g/mol. The molecule has 2 aromatic rings. The summed E-state index contributed by atoms with van der Waals surface area (Å²) in [5.74, 6) is 0.548. The van der Waals surface area contributed by atoms with Crippen LogP contribution in [0.15, 0.2) is 48.5 Å². The predicted molar refractivity (Wildman–Crippen MR) is 101 cm³/mol. The molecule has 2 unspecified atom stereocenters. The first-order valence-electron chi connectivity index (χ1n) is 9.16. The van der Waals surface area contributed by atoms with Gasteiger partial charge < -0.3 is 15.5 Å². The van der Waals surface area contributed by atoms with Crippen LogP contribution in [0.25, 0.3) is 0 Å². The number of amides is 2. The van der Waals surface area contributed by atoms with Crippen LogP contribution in [0.4, 0.5) is 10.5 Å². The Morgan fingerprint density at radius 1 is 1.12 bits per heavy atom. The number of rotatable bonds is 2. The van der Waals surface area contributed by atoms with Gasteiger partial charge in [-0.25, -0.2) is 4.79 Å². The van der Waals surface area contributed by atoms with Crippen molar-refractivity contribution >= 4 is 11.7 Å². The van der Waals surface area contributed by atoms with Crippen molar-refractivity contribution in [3.05, 3.63) is 65.2 Å². The minimum absolute atomic E-state index is 0.0184. The maximum atomic E-state index is 12.7. The molecule has 0 aliphatic carbocycles. The van der Waals surface area contributed by atoms with Gasteiger partial charge in [0, 0.05) is 31.4 Å². The minimum atomic E-state index is 0.0184. The summed E-state index contributed by atoms with van der Waals surface area (Å²) >= 11 is 0. The number of anilines is 1. The van der Waals surface area contributed by atoms with Crippen LogP contribution >= 0.6 is 0 Å². The Kier molecular flexibility index (Phi) is 4.45. The van der Waals surface area contributed by atoms with Crippen LogP contribution in [0, 0.1) is 0 Å². The van der Waals surface area contributed by atoms with E-state index >= 15 is 0 Å². The summed E-state index contributed by atoms with van der Waals surface area (Å²) in [4.78, 5) is 14.7. The van der Waals surface area contributed by atoms with E-state index in [4.69, 9.17) is 0 Å². The molecule has 130 valence electrons. The summed E-state index contributed by atoms with van der Waals surface area (Å²) in [5, 5.41) is 6.42. The number of fused-ring (bicyclic) bond motifs is 1. The number of nitrogens with one attached hydrogen (secondary N) is 2. The fourth-order valence-electron chi connectivity index (χ4n) is 4.07. The second kappa shape index (κ2) is 6.89. The molecular formula is C21H25N3O. The van der Waals surface area contributed by atoms with Gasteiger partial charge in [0.25, 0.3) is 0 Å². The van der Waals surface area contributed by atoms with Crippen LogP contribution in [-0.2, 0) is 13.1 Å². The van der Waals surface area contributed by atoms with Gasteiger partial charge in [0.15, 0.2) is 0 Å². The zero-order valence-electron chi connectivity index (χ0n) is 14.7. The number of likely N-dealkylation sites (tertiary alicyclic amines) is 1. The number of hydrogen-bond donors (Lipinski definition) is 2. The van der Waals surface area contributed by atoms with Crippen LogP contribution in [0.1, 0.15) is 42.4 Å². The molecule has 2 aliphatic rings. The highest BCUT2D eigenvalue weighted by Crippen LogP contribution is 2.31. The fourth-order valence-corrected chi connectivity index (χ4v) is 4.07. The summed E-state index contributed by atoms with van der Waals surface area (Å²) in [6.45, 7) is 4.77. The topological polar surface area (TPSA) is 44.4 Å². The third kappa shape index (κ3) is 3.40. The largest absolute Gasteiger partial charge is 0.322 e. The Labute approximate surface area is 149 Å². The zero-order chi connectivity index (χ0) is 17.2. The van der Waals surface area contributed by atoms with Crippen molar-refractivity contribution in [1.29, 1.82) is 0 Å². The third-order valence-electron chi connectivity index (χ3n) is 5.50. The van der Waals surface area contributed by atoms with Gasteiger partial charge in [-0.15, -0.1) is 0 Å². The number of nitrogens with zero attached hydrogens (tertiary/aromatic N) is 1. The molecule has 2 heterocycles. The number of benzene rings is 2. The lowest BCUT2D eigenvalue weighted by atomic mass is 9.86. The fraction of sp³-hybridized carbons (Fsp3) is 0.381. The summed E-state index contributed by atoms with van der Waals surface area (Å²) in [6, 6.07) is 17.1. The number of urea groups is 1. The molecule has 4 heteroatoms. The van der Waals surface area contributed by atoms with Crippen molar-refractivity contribution in [2.45, 2.75) is 44.8 Å². The van der Waals surface area contributed by atoms with Gasteiger partial charge in [0.05, 0.1) is 0 Å². The van der Waals surface area contributed by atoms with E-state index in [1.54, 1.807) is 0 Å². The van der Waals surface area contributed by atoms with Crippen LogP contribution in [0.2, 0.25) is 0 Å². The SMILES string of the molecule is CC1CC(c2ccccc2)CCN1C(=O)Nc1ccc2c(c1)CNC2. The maximum absolute atomic E-state index is 12.7. The van der Waals surface area contributed by atoms with Crippen LogP contribution in [0.3, 0.4) is 0 Å². The second-order valence-corrected chi connectivity index (χ2v) is 7.19. The van der Waals surface area contributed by atoms with Crippen LogP contribution in [-0.4, -0.2) is 23.5 Å². The lowest BCUT2D eigenvalue weighted by molar-refractivity contribution is 0.162. The van der Waals surface area contributed by atoms with Gasteiger partial charge in [0.2, 0.25) is 0 Å². The smallest absolute Gasteiger partial charge is 0.322 e. The Morgan fingerprint density at radius 2 is 1.92 bits per heavy atom. The van der Waals surface area contributed by atoms with Crippen molar-refractivity contribution in [3.63, 3.8) is 0 Å². The van der Waals surface area contributed by atoms with Gasteiger partial charge in [-0.1, -0.05) is 36.4 Å². The second-order valence-electron chi connectivity index (χ2n) is 7.19. The predicted octanol–water partition coefficient (Wildman–Crippen LogP) is 4.09. The average Bonchev–Trinajstić information content (AvgIpc) is 3.10. The normalized spacial score (nSPS) is 22.5. The number of carbonyl (C=O) groups excluding carboxylic acids is 1. The van der Waals surface area contributed by atoms with E-state index in [-0.39, 0.29) is 12.1 Å². The van der Waals surface area contributed by atoms with Crippen LogP contribution in [0.5, 0.6) is 0 Å². The van der Waals surface area contributed by atoms with Gasteiger partial charge in [-0.05, 0) is 54.5 Å². The molecule has 2 aliphatic heterocycles. The molecule has 2 aromatic carbocycles. The molecule has 2 amide bonds. The van der Waals surface area contributed by atoms with Gasteiger partial charge in [0.1, 0.15) is 0 Å². The summed E-state index contributed by atoms with van der Waals surface area (Å²) in [7, 11) is 0. The molecule has 0 radical (unpaired) electrons. The molecule has 0 bridgehead atoms. The quantitative estimate of drug-likeness (QED) is 0.868. The van der Waals surface area contributed by atoms with E-state index in [2.05, 4.69) is 60.0 Å². The van der Waals surface area contributed by atoms with Crippen LogP contribution < -0.4 is 10.6 Å². The minimum Gasteiger partial charge on any atom is -0.322 e. The Hall–Kier alpha value is -2.33. The standard InChI is InChI=1S/C21H25N3O/c1-15-11-17(16-5-3-2-4-6-16)9-10-24(15)21(25)23-20-8-7-18-13-22-14-19(18)12-20/h2-8,12,15,17,22H,9-11,13-14H2,1H3,(H,23,25). The van der Waals surface area contributed by atoms with E-state index in [1.165, 1.54) is 16.7 Å². The number of carbonyl (C=O) groups is 1. The van der Waals surface area contributed by atoms with Gasteiger partial charge in [-0.3, -0.25) is 0 Å². The first-order chi connectivity index (χ1) is 12.2. The molecule has 25 heavy (non-hydrogen) atoms.